The molecule has 1 unspecified atom stereocenters. The van der Waals surface area contributed by atoms with Gasteiger partial charge in [0, 0.05) is 4.47 Å². The van der Waals surface area contributed by atoms with Gasteiger partial charge in [-0.3, -0.25) is 0 Å². The first-order valence-electron chi connectivity index (χ1n) is 7.26. The first-order chi connectivity index (χ1) is 11.9. The van der Waals surface area contributed by atoms with Crippen LogP contribution in [0.1, 0.15) is 0 Å². The van der Waals surface area contributed by atoms with Crippen LogP contribution in [0.15, 0.2) is 62.9 Å². The van der Waals surface area contributed by atoms with Gasteiger partial charge in [-0.05, 0) is 60.6 Å². The van der Waals surface area contributed by atoms with Crippen molar-refractivity contribution in [2.45, 2.75) is 9.79 Å². The van der Waals surface area contributed by atoms with Gasteiger partial charge >= 0.3 is 0 Å². The average molecular weight is 441 g/mol. The molecule has 5 nitrogen and oxygen atoms in total. The molecule has 2 aromatic carbocycles. The molecule has 1 heterocycles. The largest absolute Gasteiger partial charge is 0.611 e. The van der Waals surface area contributed by atoms with Gasteiger partial charge in [-0.15, -0.1) is 0 Å². The van der Waals surface area contributed by atoms with Crippen molar-refractivity contribution >= 4 is 48.0 Å². The van der Waals surface area contributed by atoms with Gasteiger partial charge in [0.15, 0.2) is 4.90 Å². The summed E-state index contributed by atoms with van der Waals surface area (Å²) in [5, 5.41) is 0.619. The van der Waals surface area contributed by atoms with Crippen molar-refractivity contribution in [2.75, 3.05) is 12.9 Å². The molecule has 0 saturated carbocycles. The molecule has 1 aromatic heterocycles. The lowest BCUT2D eigenvalue weighted by molar-refractivity contribution is 0.414. The summed E-state index contributed by atoms with van der Waals surface area (Å²) in [4.78, 5) is 0.573. The molecule has 1 atom stereocenters. The number of ether oxygens (including phenoxy) is 1. The predicted octanol–water partition coefficient (Wildman–Crippen LogP) is 3.59. The molecule has 0 aliphatic heterocycles. The number of nitrogens with zero attached hydrogens (tertiary/aromatic N) is 1. The summed E-state index contributed by atoms with van der Waals surface area (Å²) in [6.45, 7) is 3.66. The molecule has 3 aromatic rings. The maximum atomic E-state index is 13.1. The van der Waals surface area contributed by atoms with Gasteiger partial charge in [0.05, 0.1) is 29.1 Å². The third-order valence-corrected chi connectivity index (χ3v) is 7.11. The van der Waals surface area contributed by atoms with Crippen molar-refractivity contribution in [3.05, 3.63) is 60.1 Å². The minimum atomic E-state index is -3.83. The van der Waals surface area contributed by atoms with Gasteiger partial charge in [0.1, 0.15) is 11.5 Å². The highest BCUT2D eigenvalue weighted by molar-refractivity contribution is 9.10. The van der Waals surface area contributed by atoms with E-state index in [0.29, 0.717) is 21.5 Å². The molecule has 0 saturated heterocycles. The highest BCUT2D eigenvalue weighted by Crippen LogP contribution is 2.32. The summed E-state index contributed by atoms with van der Waals surface area (Å²) >= 11 is 1.99. The van der Waals surface area contributed by atoms with E-state index in [-0.39, 0.29) is 10.6 Å². The molecule has 0 bridgehead atoms. The Morgan fingerprint density at radius 1 is 1.24 bits per heavy atom. The summed E-state index contributed by atoms with van der Waals surface area (Å²) < 4.78 is 45.4. The van der Waals surface area contributed by atoms with E-state index in [0.717, 1.165) is 4.47 Å². The first-order valence-corrected chi connectivity index (χ1v) is 10.8. The Hall–Kier alpha value is -1.48. The lowest BCUT2D eigenvalue weighted by Crippen LogP contribution is -2.12. The minimum absolute atomic E-state index is 0.125. The van der Waals surface area contributed by atoms with E-state index >= 15 is 0 Å². The Morgan fingerprint density at radius 3 is 2.52 bits per heavy atom. The molecule has 0 amide bonds. The molecular formula is C17H15BrNO4S2. The highest BCUT2D eigenvalue weighted by atomic mass is 79.9. The number of aromatic nitrogens is 1. The summed E-state index contributed by atoms with van der Waals surface area (Å²) in [6.07, 6.45) is 1.41. The van der Waals surface area contributed by atoms with Crippen LogP contribution < -0.4 is 4.74 Å². The fourth-order valence-corrected chi connectivity index (χ4v) is 5.14. The van der Waals surface area contributed by atoms with Crippen LogP contribution >= 0.6 is 15.9 Å². The van der Waals surface area contributed by atoms with Gasteiger partial charge in [-0.2, -0.15) is 0 Å². The van der Waals surface area contributed by atoms with Crippen LogP contribution in [0.3, 0.4) is 0 Å². The van der Waals surface area contributed by atoms with E-state index in [4.69, 9.17) is 4.74 Å². The Bertz CT molecular complexity index is 1010. The molecule has 25 heavy (non-hydrogen) atoms. The van der Waals surface area contributed by atoms with E-state index in [2.05, 4.69) is 22.9 Å². The number of benzene rings is 2. The quantitative estimate of drug-likeness (QED) is 0.568. The molecule has 3 rings (SSSR count). The highest BCUT2D eigenvalue weighted by Gasteiger charge is 2.25. The molecular weight excluding hydrogens is 426 g/mol. The van der Waals surface area contributed by atoms with E-state index in [9.17, 15) is 13.0 Å². The van der Waals surface area contributed by atoms with Crippen LogP contribution in [0.2, 0.25) is 0 Å². The van der Waals surface area contributed by atoms with Crippen LogP contribution in [0.4, 0.5) is 0 Å². The van der Waals surface area contributed by atoms with Crippen LogP contribution in [0.5, 0.6) is 5.75 Å². The molecule has 0 aliphatic carbocycles. The molecule has 131 valence electrons. The smallest absolute Gasteiger partial charge is 0.268 e. The topological polar surface area (TPSA) is 71.4 Å². The van der Waals surface area contributed by atoms with Crippen molar-refractivity contribution in [1.82, 2.24) is 3.97 Å². The van der Waals surface area contributed by atoms with Crippen molar-refractivity contribution in [3.63, 3.8) is 0 Å². The van der Waals surface area contributed by atoms with Gasteiger partial charge in [-0.25, -0.2) is 12.4 Å². The summed E-state index contributed by atoms with van der Waals surface area (Å²) in [7, 11) is -2.32. The van der Waals surface area contributed by atoms with Crippen LogP contribution in [-0.4, -0.2) is 29.8 Å². The lowest BCUT2D eigenvalue weighted by Gasteiger charge is -2.08. The average Bonchev–Trinajstić information content (AvgIpc) is 3.00. The Morgan fingerprint density at radius 2 is 1.92 bits per heavy atom. The van der Waals surface area contributed by atoms with Crippen LogP contribution in [0, 0.1) is 6.92 Å². The maximum Gasteiger partial charge on any atom is 0.268 e. The molecule has 0 spiro atoms. The molecule has 0 aliphatic rings. The Labute approximate surface area is 158 Å². The Balaban J connectivity index is 2.23. The zero-order valence-electron chi connectivity index (χ0n) is 13.3. The normalized spacial score (nSPS) is 13.1. The first kappa shape index (κ1) is 18.3. The van der Waals surface area contributed by atoms with Gasteiger partial charge in [0.2, 0.25) is 0 Å². The van der Waals surface area contributed by atoms with E-state index in [1.165, 1.54) is 29.4 Å². The second-order valence-electron chi connectivity index (χ2n) is 5.18. The minimum Gasteiger partial charge on any atom is -0.611 e. The van der Waals surface area contributed by atoms with Crippen LogP contribution in [0.25, 0.3) is 10.9 Å². The second-order valence-corrected chi connectivity index (χ2v) is 9.45. The molecule has 8 heteroatoms. The third kappa shape index (κ3) is 3.31. The fraction of sp³-hybridized carbons (Fsp3) is 0.118. The van der Waals surface area contributed by atoms with Gasteiger partial charge in [-0.1, -0.05) is 15.9 Å². The number of methoxy groups -OCH3 is 1. The van der Waals surface area contributed by atoms with Crippen LogP contribution in [-0.2, 0) is 21.2 Å². The number of hydrogen-bond acceptors (Lipinski definition) is 4. The van der Waals surface area contributed by atoms with E-state index in [1.54, 1.807) is 30.3 Å². The molecule has 1 radical (unpaired) electrons. The van der Waals surface area contributed by atoms with Crippen molar-refractivity contribution in [1.29, 1.82) is 0 Å². The number of fused-ring (bicyclic) bond motifs is 1. The zero-order chi connectivity index (χ0) is 18.2. The summed E-state index contributed by atoms with van der Waals surface area (Å²) in [5.41, 5.74) is 0.468. The van der Waals surface area contributed by atoms with Crippen molar-refractivity contribution in [3.8, 4) is 5.75 Å². The standard InChI is InChI=1S/C17H15BrNO4S2/c1-3-24(20)17-11-19(16-9-4-12(18)10-15(16)17)25(21,22)14-7-5-13(23-2)6-8-14/h4-11H,1,3H2,2H3. The number of halogens is 1. The summed E-state index contributed by atoms with van der Waals surface area (Å²) in [6, 6.07) is 11.3. The van der Waals surface area contributed by atoms with E-state index < -0.39 is 21.2 Å². The summed E-state index contributed by atoms with van der Waals surface area (Å²) in [5.74, 6) is 0.730. The fourth-order valence-electron chi connectivity index (χ4n) is 2.49. The lowest BCUT2D eigenvalue weighted by atomic mass is 10.2. The zero-order valence-corrected chi connectivity index (χ0v) is 16.5. The number of rotatable bonds is 5. The van der Waals surface area contributed by atoms with Gasteiger partial charge in [0.25, 0.3) is 10.0 Å². The van der Waals surface area contributed by atoms with Crippen molar-refractivity contribution in [2.24, 2.45) is 0 Å². The second kappa shape index (κ2) is 7.03. The molecule has 0 N–H and O–H groups in total. The SMILES string of the molecule is [CH2]C[S+]([O-])c1cn(S(=O)(=O)c2ccc(OC)cc2)c2ccc(Br)cc12. The maximum absolute atomic E-state index is 13.1. The van der Waals surface area contributed by atoms with Crippen molar-refractivity contribution < 1.29 is 17.7 Å². The van der Waals surface area contributed by atoms with E-state index in [1.807, 2.05) is 0 Å². The third-order valence-electron chi connectivity index (χ3n) is 3.74. The predicted molar refractivity (Wildman–Crippen MR) is 102 cm³/mol. The van der Waals surface area contributed by atoms with Gasteiger partial charge < -0.3 is 9.29 Å². The Kier molecular flexibility index (Phi) is 5.15. The molecule has 0 fully saturated rings. The monoisotopic (exact) mass is 440 g/mol. The number of hydrogen-bond donors (Lipinski definition) is 0.